The molecule has 5 rings (SSSR count). The zero-order valence-corrected chi connectivity index (χ0v) is 17.0. The summed E-state index contributed by atoms with van der Waals surface area (Å²) in [7, 11) is 1.54. The van der Waals surface area contributed by atoms with Crippen LogP contribution in [0.1, 0.15) is 33.8 Å². The van der Waals surface area contributed by atoms with E-state index in [-0.39, 0.29) is 5.91 Å². The first-order chi connectivity index (χ1) is 15.2. The number of aromatic nitrogens is 3. The fourth-order valence-corrected chi connectivity index (χ4v) is 3.88. The van der Waals surface area contributed by atoms with Crippen LogP contribution in [0, 0.1) is 0 Å². The minimum Gasteiger partial charge on any atom is -0.480 e. The molecular weight excluding hydrogens is 392 g/mol. The summed E-state index contributed by atoms with van der Waals surface area (Å²) in [5.74, 6) is 1.04. The Morgan fingerprint density at radius 1 is 1.13 bits per heavy atom. The van der Waals surface area contributed by atoms with Crippen molar-refractivity contribution in [2.24, 2.45) is 0 Å². The van der Waals surface area contributed by atoms with Gasteiger partial charge >= 0.3 is 0 Å². The first-order valence-corrected chi connectivity index (χ1v) is 10.1. The van der Waals surface area contributed by atoms with Crippen molar-refractivity contribution in [3.8, 4) is 17.3 Å². The number of fused-ring (bicyclic) bond motifs is 1. The van der Waals surface area contributed by atoms with Gasteiger partial charge in [-0.15, -0.1) is 0 Å². The van der Waals surface area contributed by atoms with E-state index in [1.165, 1.54) is 25.1 Å². The van der Waals surface area contributed by atoms with Gasteiger partial charge in [0.2, 0.25) is 5.88 Å². The van der Waals surface area contributed by atoms with Crippen LogP contribution < -0.4 is 20.7 Å². The van der Waals surface area contributed by atoms with E-state index >= 15 is 0 Å². The highest BCUT2D eigenvalue weighted by Gasteiger charge is 2.23. The van der Waals surface area contributed by atoms with Gasteiger partial charge in [0, 0.05) is 18.4 Å². The number of carbonyl (C=O) groups is 1. The fraction of sp³-hybridized carbons (Fsp3) is 0.217. The highest BCUT2D eigenvalue weighted by Crippen LogP contribution is 2.31. The van der Waals surface area contributed by atoms with Crippen LogP contribution in [0.5, 0.6) is 5.88 Å². The number of anilines is 2. The number of amides is 1. The van der Waals surface area contributed by atoms with Crippen LogP contribution in [-0.2, 0) is 0 Å². The molecule has 2 N–H and O–H groups in total. The molecule has 1 fully saturated rings. The third-order valence-electron chi connectivity index (χ3n) is 5.50. The molecule has 1 saturated heterocycles. The SMILES string of the molecule is COc1cncc(-c2cc3c(c(Nc4ccc(C5CCNC5)cc4)n2)C(=O)[N]C=C3)n1. The van der Waals surface area contributed by atoms with Crippen molar-refractivity contribution < 1.29 is 9.53 Å². The summed E-state index contributed by atoms with van der Waals surface area (Å²) in [4.78, 5) is 25.8. The second kappa shape index (κ2) is 8.16. The van der Waals surface area contributed by atoms with Crippen molar-refractivity contribution in [2.75, 3.05) is 25.5 Å². The molecule has 8 nitrogen and oxygen atoms in total. The van der Waals surface area contributed by atoms with E-state index in [1.54, 1.807) is 12.3 Å². The van der Waals surface area contributed by atoms with Crippen LogP contribution >= 0.6 is 0 Å². The molecule has 31 heavy (non-hydrogen) atoms. The molecule has 1 aromatic carbocycles. The largest absolute Gasteiger partial charge is 0.480 e. The van der Waals surface area contributed by atoms with Crippen LogP contribution in [0.4, 0.5) is 11.5 Å². The molecule has 2 aromatic heterocycles. The molecule has 1 atom stereocenters. The Morgan fingerprint density at radius 3 is 2.77 bits per heavy atom. The highest BCUT2D eigenvalue weighted by molar-refractivity contribution is 6.05. The van der Waals surface area contributed by atoms with Gasteiger partial charge in [0.05, 0.1) is 30.8 Å². The predicted octanol–water partition coefficient (Wildman–Crippen LogP) is 3.10. The van der Waals surface area contributed by atoms with Gasteiger partial charge in [-0.25, -0.2) is 15.3 Å². The molecule has 1 radical (unpaired) electrons. The van der Waals surface area contributed by atoms with E-state index in [9.17, 15) is 4.79 Å². The number of ether oxygens (including phenoxy) is 1. The predicted molar refractivity (Wildman–Crippen MR) is 117 cm³/mol. The fourth-order valence-electron chi connectivity index (χ4n) is 3.88. The van der Waals surface area contributed by atoms with Gasteiger partial charge in [0.1, 0.15) is 11.5 Å². The number of benzene rings is 1. The Bertz CT molecular complexity index is 1150. The Morgan fingerprint density at radius 2 is 2.00 bits per heavy atom. The van der Waals surface area contributed by atoms with Crippen molar-refractivity contribution in [1.29, 1.82) is 0 Å². The topological polar surface area (TPSA) is 103 Å². The molecule has 2 aliphatic heterocycles. The van der Waals surface area contributed by atoms with E-state index < -0.39 is 0 Å². The maximum Gasteiger partial charge on any atom is 0.281 e. The molecule has 2 aliphatic rings. The molecule has 0 saturated carbocycles. The van der Waals surface area contributed by atoms with Crippen molar-refractivity contribution in [3.05, 3.63) is 65.6 Å². The van der Waals surface area contributed by atoms with Gasteiger partial charge in [-0.3, -0.25) is 9.78 Å². The third-order valence-corrected chi connectivity index (χ3v) is 5.50. The molecule has 4 heterocycles. The lowest BCUT2D eigenvalue weighted by Crippen LogP contribution is -2.18. The molecular formula is C23H21N6O2. The van der Waals surface area contributed by atoms with Gasteiger partial charge < -0.3 is 15.4 Å². The van der Waals surface area contributed by atoms with Crippen LogP contribution in [0.3, 0.4) is 0 Å². The van der Waals surface area contributed by atoms with Crippen LogP contribution in [0.15, 0.2) is 48.9 Å². The molecule has 3 aromatic rings. The van der Waals surface area contributed by atoms with Gasteiger partial charge in [-0.05, 0) is 54.3 Å². The maximum atomic E-state index is 12.5. The second-order valence-electron chi connectivity index (χ2n) is 7.45. The van der Waals surface area contributed by atoms with E-state index in [0.717, 1.165) is 30.8 Å². The smallest absolute Gasteiger partial charge is 0.281 e. The van der Waals surface area contributed by atoms with E-state index in [1.807, 2.05) is 18.2 Å². The normalized spacial score (nSPS) is 17.2. The molecule has 0 aliphatic carbocycles. The van der Waals surface area contributed by atoms with Gasteiger partial charge in [-0.2, -0.15) is 0 Å². The van der Waals surface area contributed by atoms with E-state index in [4.69, 9.17) is 4.74 Å². The number of hydrogen-bond donors (Lipinski definition) is 2. The average molecular weight is 413 g/mol. The Labute approximate surface area is 179 Å². The molecule has 0 bridgehead atoms. The third kappa shape index (κ3) is 3.85. The maximum absolute atomic E-state index is 12.5. The number of carbonyl (C=O) groups excluding carboxylic acids is 1. The van der Waals surface area contributed by atoms with Crippen molar-refractivity contribution in [1.82, 2.24) is 25.6 Å². The second-order valence-corrected chi connectivity index (χ2v) is 7.45. The lowest BCUT2D eigenvalue weighted by Gasteiger charge is -2.17. The zero-order valence-electron chi connectivity index (χ0n) is 17.0. The molecule has 1 unspecified atom stereocenters. The first kappa shape index (κ1) is 19.2. The average Bonchev–Trinajstić information content (AvgIpc) is 3.34. The van der Waals surface area contributed by atoms with Gasteiger partial charge in [0.25, 0.3) is 5.91 Å². The summed E-state index contributed by atoms with van der Waals surface area (Å²) in [5, 5.41) is 10.6. The lowest BCUT2D eigenvalue weighted by atomic mass is 9.98. The van der Waals surface area contributed by atoms with Crippen LogP contribution in [-0.4, -0.2) is 41.1 Å². The highest BCUT2D eigenvalue weighted by atomic mass is 16.5. The minimum absolute atomic E-state index is 0.329. The zero-order chi connectivity index (χ0) is 21.2. The van der Waals surface area contributed by atoms with Crippen LogP contribution in [0.2, 0.25) is 0 Å². The summed E-state index contributed by atoms with van der Waals surface area (Å²) in [6, 6.07) is 10.1. The van der Waals surface area contributed by atoms with Gasteiger partial charge in [-0.1, -0.05) is 12.1 Å². The lowest BCUT2D eigenvalue weighted by molar-refractivity contribution is 0.0965. The van der Waals surface area contributed by atoms with Gasteiger partial charge in [0.15, 0.2) is 0 Å². The number of methoxy groups -OCH3 is 1. The van der Waals surface area contributed by atoms with Crippen molar-refractivity contribution >= 4 is 23.5 Å². The Kier molecular flexibility index (Phi) is 5.05. The first-order valence-electron chi connectivity index (χ1n) is 10.1. The monoisotopic (exact) mass is 413 g/mol. The Balaban J connectivity index is 1.52. The molecule has 1 amide bonds. The molecule has 155 valence electrons. The quantitative estimate of drug-likeness (QED) is 0.662. The summed E-state index contributed by atoms with van der Waals surface area (Å²) in [6.45, 7) is 2.06. The van der Waals surface area contributed by atoms with Crippen molar-refractivity contribution in [2.45, 2.75) is 12.3 Å². The number of pyridine rings is 1. The van der Waals surface area contributed by atoms with Crippen molar-refractivity contribution in [3.63, 3.8) is 0 Å². The standard InChI is InChI=1S/C23H21N6O2/c1-31-20-13-25-12-19(28-20)18-10-15-7-9-26-23(30)21(15)22(29-18)27-17-4-2-14(3-5-17)16-6-8-24-11-16/h2-5,7,9-10,12-13,16,24H,6,8,11H2,1H3,(H,27,29). The van der Waals surface area contributed by atoms with E-state index in [2.05, 4.69) is 43.0 Å². The van der Waals surface area contributed by atoms with Crippen LogP contribution in [0.25, 0.3) is 17.5 Å². The summed E-state index contributed by atoms with van der Waals surface area (Å²) in [6.07, 6.45) is 7.58. The molecule has 8 heteroatoms. The Hall–Kier alpha value is -3.78. The number of nitrogens with zero attached hydrogens (tertiary/aromatic N) is 4. The summed E-state index contributed by atoms with van der Waals surface area (Å²) >= 11 is 0. The minimum atomic E-state index is -0.329. The summed E-state index contributed by atoms with van der Waals surface area (Å²) < 4.78 is 5.18. The number of hydrogen-bond acceptors (Lipinski definition) is 7. The summed E-state index contributed by atoms with van der Waals surface area (Å²) in [5.41, 5.74) is 4.45. The molecule has 0 spiro atoms. The van der Waals surface area contributed by atoms with E-state index in [0.29, 0.717) is 34.6 Å². The number of rotatable bonds is 5. The number of nitrogens with one attached hydrogen (secondary N) is 2.